The molecule has 168 valence electrons. The van der Waals surface area contributed by atoms with Crippen LogP contribution in [0.15, 0.2) is 94.8 Å². The maximum Gasteiger partial charge on any atom is 0.283 e. The number of carbonyl (C=O) groups excluding carboxylic acids is 1. The molecule has 0 saturated carbocycles. The predicted octanol–water partition coefficient (Wildman–Crippen LogP) is 4.21. The zero-order valence-corrected chi connectivity index (χ0v) is 18.7. The van der Waals surface area contributed by atoms with Crippen LogP contribution in [0.3, 0.4) is 0 Å². The van der Waals surface area contributed by atoms with Crippen LogP contribution >= 0.6 is 11.8 Å². The molecular weight excluding hydrogens is 450 g/mol. The number of benzene rings is 2. The minimum absolute atomic E-state index is 0.0141. The molecule has 1 aromatic heterocycles. The highest BCUT2D eigenvalue weighted by Crippen LogP contribution is 2.30. The Labute approximate surface area is 200 Å². The number of hydrogen-bond donors (Lipinski definition) is 1. The number of fused-ring (bicyclic) bond motifs is 1. The van der Waals surface area contributed by atoms with Crippen molar-refractivity contribution in [3.8, 4) is 11.5 Å². The molecular formula is C25H19N5O3S. The van der Waals surface area contributed by atoms with Gasteiger partial charge in [-0.05, 0) is 59.8 Å². The highest BCUT2D eigenvalue weighted by molar-refractivity contribution is 8.27. The quantitative estimate of drug-likeness (QED) is 0.411. The van der Waals surface area contributed by atoms with Gasteiger partial charge in [0.2, 0.25) is 5.17 Å². The molecule has 9 heteroatoms. The molecule has 3 heterocycles. The predicted molar refractivity (Wildman–Crippen MR) is 132 cm³/mol. The van der Waals surface area contributed by atoms with Gasteiger partial charge in [-0.3, -0.25) is 15.2 Å². The van der Waals surface area contributed by atoms with Gasteiger partial charge in [0.1, 0.15) is 29.8 Å². The molecule has 0 radical (unpaired) electrons. The summed E-state index contributed by atoms with van der Waals surface area (Å²) in [6.07, 6.45) is 5.00. The van der Waals surface area contributed by atoms with Crippen molar-refractivity contribution >= 4 is 39.8 Å². The number of para-hydroxylation sites is 1. The molecule has 0 atom stereocenters. The molecule has 2 aromatic carbocycles. The van der Waals surface area contributed by atoms with E-state index in [0.717, 1.165) is 16.9 Å². The van der Waals surface area contributed by atoms with E-state index in [-0.39, 0.29) is 11.4 Å². The number of nitrogens with one attached hydrogen (secondary N) is 1. The number of amidine groups is 2. The third-order valence-electron chi connectivity index (χ3n) is 4.92. The van der Waals surface area contributed by atoms with Gasteiger partial charge in [0.05, 0.1) is 5.57 Å². The lowest BCUT2D eigenvalue weighted by molar-refractivity contribution is -0.114. The Balaban J connectivity index is 1.23. The van der Waals surface area contributed by atoms with E-state index in [1.54, 1.807) is 18.5 Å². The molecule has 1 N–H and O–H groups in total. The number of hydrogen-bond acceptors (Lipinski definition) is 7. The van der Waals surface area contributed by atoms with Crippen LogP contribution in [0, 0.1) is 5.41 Å². The second-order valence-electron chi connectivity index (χ2n) is 7.25. The Morgan fingerprint density at radius 1 is 0.941 bits per heavy atom. The van der Waals surface area contributed by atoms with Crippen LogP contribution in [-0.4, -0.2) is 45.2 Å². The van der Waals surface area contributed by atoms with Crippen molar-refractivity contribution in [2.75, 3.05) is 13.2 Å². The number of thioether (sulfide) groups is 1. The summed E-state index contributed by atoms with van der Waals surface area (Å²) in [5.41, 5.74) is 1.73. The summed E-state index contributed by atoms with van der Waals surface area (Å²) >= 11 is 1.24. The molecule has 0 spiro atoms. The van der Waals surface area contributed by atoms with Crippen LogP contribution in [-0.2, 0) is 4.79 Å². The fourth-order valence-corrected chi connectivity index (χ4v) is 4.14. The van der Waals surface area contributed by atoms with Gasteiger partial charge in [0.15, 0.2) is 5.84 Å². The number of rotatable bonds is 7. The van der Waals surface area contributed by atoms with E-state index in [1.165, 1.54) is 16.8 Å². The van der Waals surface area contributed by atoms with E-state index < -0.39 is 5.91 Å². The largest absolute Gasteiger partial charge is 0.490 e. The standard InChI is InChI=1S/C25H19N5O3S/c26-22-21(23(31)28-25-30(22)29-24(34-25)18-5-4-12-27-16-18)15-17-8-10-20(11-9-17)33-14-13-32-19-6-2-1-3-7-19/h1-12,15-16,26H,13-14H2. The SMILES string of the molecule is N=C1C(=Cc2ccc(OCCOc3ccccc3)cc2)C(=O)N=C2SC(c3cccnc3)=NN12. The van der Waals surface area contributed by atoms with Crippen molar-refractivity contribution in [1.29, 1.82) is 5.41 Å². The summed E-state index contributed by atoms with van der Waals surface area (Å²) in [6, 6.07) is 20.5. The van der Waals surface area contributed by atoms with Gasteiger partial charge < -0.3 is 9.47 Å². The summed E-state index contributed by atoms with van der Waals surface area (Å²) in [5.74, 6) is 1.00. The monoisotopic (exact) mass is 469 g/mol. The molecule has 0 saturated heterocycles. The molecule has 2 aliphatic rings. The van der Waals surface area contributed by atoms with E-state index >= 15 is 0 Å². The van der Waals surface area contributed by atoms with Gasteiger partial charge in [0, 0.05) is 18.0 Å². The van der Waals surface area contributed by atoms with Gasteiger partial charge in [-0.1, -0.05) is 30.3 Å². The first kappa shape index (κ1) is 21.6. The third kappa shape index (κ3) is 4.74. The molecule has 8 nitrogen and oxygen atoms in total. The zero-order chi connectivity index (χ0) is 23.3. The fourth-order valence-electron chi connectivity index (χ4n) is 3.26. The van der Waals surface area contributed by atoms with Crippen molar-refractivity contribution in [1.82, 2.24) is 9.99 Å². The van der Waals surface area contributed by atoms with Crippen molar-refractivity contribution in [3.05, 3.63) is 95.8 Å². The van der Waals surface area contributed by atoms with Crippen LogP contribution in [0.25, 0.3) is 6.08 Å². The number of aromatic nitrogens is 1. The van der Waals surface area contributed by atoms with Gasteiger partial charge in [-0.25, -0.2) is 0 Å². The van der Waals surface area contributed by atoms with Crippen LogP contribution in [0.4, 0.5) is 0 Å². The average molecular weight is 470 g/mol. The van der Waals surface area contributed by atoms with Crippen LogP contribution in [0.5, 0.6) is 11.5 Å². The molecule has 0 aliphatic carbocycles. The van der Waals surface area contributed by atoms with Crippen LogP contribution in [0.1, 0.15) is 11.1 Å². The van der Waals surface area contributed by atoms with Crippen molar-refractivity contribution in [2.45, 2.75) is 0 Å². The van der Waals surface area contributed by atoms with E-state index in [9.17, 15) is 4.79 Å². The lowest BCUT2D eigenvalue weighted by atomic mass is 10.1. The minimum Gasteiger partial charge on any atom is -0.490 e. The van der Waals surface area contributed by atoms with Crippen molar-refractivity contribution in [2.24, 2.45) is 10.1 Å². The highest BCUT2D eigenvalue weighted by Gasteiger charge is 2.36. The molecule has 2 aliphatic heterocycles. The number of ether oxygens (including phenoxy) is 2. The fraction of sp³-hybridized carbons (Fsp3) is 0.0800. The molecule has 34 heavy (non-hydrogen) atoms. The molecule has 1 amide bonds. The van der Waals surface area contributed by atoms with E-state index in [2.05, 4.69) is 15.1 Å². The van der Waals surface area contributed by atoms with Gasteiger partial charge in [-0.15, -0.1) is 0 Å². The number of hydrazone groups is 1. The Morgan fingerprint density at radius 2 is 1.68 bits per heavy atom. The molecule has 0 bridgehead atoms. The second-order valence-corrected chi connectivity index (χ2v) is 8.20. The Bertz CT molecular complexity index is 1310. The lowest BCUT2D eigenvalue weighted by Crippen LogP contribution is -2.35. The summed E-state index contributed by atoms with van der Waals surface area (Å²) in [4.78, 5) is 20.8. The Morgan fingerprint density at radius 3 is 2.38 bits per heavy atom. The number of pyridine rings is 1. The summed E-state index contributed by atoms with van der Waals surface area (Å²) in [6.45, 7) is 0.830. The first-order chi connectivity index (χ1) is 16.7. The second kappa shape index (κ2) is 9.72. The van der Waals surface area contributed by atoms with Crippen molar-refractivity contribution < 1.29 is 14.3 Å². The van der Waals surface area contributed by atoms with E-state index in [1.807, 2.05) is 66.7 Å². The van der Waals surface area contributed by atoms with Crippen LogP contribution in [0.2, 0.25) is 0 Å². The van der Waals surface area contributed by atoms with Crippen LogP contribution < -0.4 is 9.47 Å². The normalized spacial score (nSPS) is 16.2. The third-order valence-corrected chi connectivity index (χ3v) is 5.88. The van der Waals surface area contributed by atoms with Crippen molar-refractivity contribution in [3.63, 3.8) is 0 Å². The molecule has 3 aromatic rings. The first-order valence-electron chi connectivity index (χ1n) is 10.5. The lowest BCUT2D eigenvalue weighted by Gasteiger charge is -2.20. The van der Waals surface area contributed by atoms with Gasteiger partial charge in [0.25, 0.3) is 5.91 Å². The van der Waals surface area contributed by atoms with E-state index in [4.69, 9.17) is 14.9 Å². The highest BCUT2D eigenvalue weighted by atomic mass is 32.2. The first-order valence-corrected chi connectivity index (χ1v) is 11.3. The molecule has 0 unspecified atom stereocenters. The van der Waals surface area contributed by atoms with Gasteiger partial charge >= 0.3 is 0 Å². The zero-order valence-electron chi connectivity index (χ0n) is 17.9. The number of carbonyl (C=O) groups is 1. The summed E-state index contributed by atoms with van der Waals surface area (Å²) < 4.78 is 11.3. The average Bonchev–Trinajstić information content (AvgIpc) is 3.31. The Kier molecular flexibility index (Phi) is 6.17. The molecule has 5 rings (SSSR count). The smallest absolute Gasteiger partial charge is 0.283 e. The maximum absolute atomic E-state index is 12.6. The number of amides is 1. The number of nitrogens with zero attached hydrogens (tertiary/aromatic N) is 4. The molecule has 0 fully saturated rings. The van der Waals surface area contributed by atoms with E-state index in [0.29, 0.717) is 29.2 Å². The summed E-state index contributed by atoms with van der Waals surface area (Å²) in [7, 11) is 0. The maximum atomic E-state index is 12.6. The summed E-state index contributed by atoms with van der Waals surface area (Å²) in [5, 5.41) is 15.4. The Hall–Kier alpha value is -4.24. The minimum atomic E-state index is -0.468. The number of aliphatic imine (C=N–C) groups is 1. The van der Waals surface area contributed by atoms with Gasteiger partial charge in [-0.2, -0.15) is 15.1 Å². The topological polar surface area (TPSA) is 100 Å².